The summed E-state index contributed by atoms with van der Waals surface area (Å²) < 4.78 is 56.5. The van der Waals surface area contributed by atoms with Gasteiger partial charge in [0.1, 0.15) is 52.8 Å². The minimum atomic E-state index is -4.30. The highest BCUT2D eigenvalue weighted by Crippen LogP contribution is 2.49. The van der Waals surface area contributed by atoms with Gasteiger partial charge in [-0.2, -0.15) is 0 Å². The number of hydroxylamine groups is 2. The summed E-state index contributed by atoms with van der Waals surface area (Å²) in [5.74, 6) is -7.97. The Morgan fingerprint density at radius 1 is 0.957 bits per heavy atom. The lowest BCUT2D eigenvalue weighted by Gasteiger charge is -2.42. The molecule has 31 heteroatoms. The van der Waals surface area contributed by atoms with Crippen LogP contribution in [0.4, 0.5) is 21.0 Å². The lowest BCUT2D eigenvalue weighted by Crippen LogP contribution is -2.63. The van der Waals surface area contributed by atoms with E-state index in [2.05, 4.69) is 26.6 Å². The van der Waals surface area contributed by atoms with Gasteiger partial charge in [-0.1, -0.05) is 56.2 Å². The molecule has 0 saturated carbocycles. The summed E-state index contributed by atoms with van der Waals surface area (Å²) in [6.45, 7) is 9.71. The standard InChI is InChI=1S/C61H82ClN9O20S/c1-32(2)52(67-46(72)19-12-13-20-50(76)91-71-47(73)23-24-48(71)74)55(78)66-39(17-15-25-64-58(63)81)54(77)65-38-22-21-37(29-43(38)92(11,84)85)56(79)69(7)35(5)57(80)89-45-30-49(75)70(8)40-27-36(28-41(86-9)51(40)62)26-33(3)16-14-18-44(87-10)61(83)31-42(88-59(82)68-61)34(4)53-60(45,6)90-53/h14,16,18,21-22,27-29,32,34-35,39,42,44-45,52-53,83H,12-13,15,17,19-20,23-26,30-31H2,1-11H3,(H,65,77)(H,66,78)(H,67,72)(H,68,82)(H3,63,64,81)/b18-14+,33-16+/t34-,35+,39+,42+,44-,45+,52+,53+,60+,61+/m1/s1. The van der Waals surface area contributed by atoms with Gasteiger partial charge in [0.05, 0.1) is 35.9 Å². The second-order valence-electron chi connectivity index (χ2n) is 23.8. The van der Waals surface area contributed by atoms with Crippen LogP contribution in [0.2, 0.25) is 5.02 Å². The number of amides is 10. The van der Waals surface area contributed by atoms with E-state index in [-0.39, 0.29) is 92.0 Å². The molecule has 10 amide bonds. The van der Waals surface area contributed by atoms with E-state index in [4.69, 9.17) is 45.9 Å². The number of urea groups is 1. The number of anilines is 2. The number of esters is 1. The molecule has 6 rings (SSSR count). The van der Waals surface area contributed by atoms with Crippen molar-refractivity contribution in [2.75, 3.05) is 51.3 Å². The zero-order valence-corrected chi connectivity index (χ0v) is 54.8. The van der Waals surface area contributed by atoms with E-state index >= 15 is 0 Å². The maximum atomic E-state index is 14.6. The number of imide groups is 1. The second-order valence-corrected chi connectivity index (χ2v) is 26.2. The predicted octanol–water partition coefficient (Wildman–Crippen LogP) is 3.41. The topological polar surface area (TPSA) is 397 Å². The van der Waals surface area contributed by atoms with Crippen molar-refractivity contribution in [1.82, 2.24) is 31.2 Å². The molecule has 0 aromatic heterocycles. The lowest BCUT2D eigenvalue weighted by molar-refractivity contribution is -0.197. The summed E-state index contributed by atoms with van der Waals surface area (Å²) in [7, 11) is 1.22. The first-order valence-corrected chi connectivity index (χ1v) is 32.1. The smallest absolute Gasteiger partial charge is 0.409 e. The number of halogens is 1. The van der Waals surface area contributed by atoms with E-state index < -0.39 is 152 Å². The lowest BCUT2D eigenvalue weighted by atomic mass is 9.83. The number of benzene rings is 2. The summed E-state index contributed by atoms with van der Waals surface area (Å²) in [6.07, 6.45) is -0.0564. The minimum Gasteiger partial charge on any atom is -0.495 e. The number of hydrogen-bond acceptors (Lipinski definition) is 20. The van der Waals surface area contributed by atoms with Gasteiger partial charge in [0.15, 0.2) is 15.6 Å². The van der Waals surface area contributed by atoms with Crippen LogP contribution < -0.4 is 42.0 Å². The van der Waals surface area contributed by atoms with Gasteiger partial charge in [0.25, 0.3) is 17.7 Å². The molecule has 4 bridgehead atoms. The Hall–Kier alpha value is -8.19. The third-order valence-corrected chi connectivity index (χ3v) is 18.0. The number of aliphatic hydroxyl groups is 1. The van der Waals surface area contributed by atoms with Crippen molar-refractivity contribution in [3.63, 3.8) is 0 Å². The summed E-state index contributed by atoms with van der Waals surface area (Å²) in [4.78, 5) is 152. The summed E-state index contributed by atoms with van der Waals surface area (Å²) in [6, 6.07) is 1.78. The number of allylic oxidation sites excluding steroid dienone is 3. The molecule has 0 radical (unpaired) electrons. The molecule has 0 unspecified atom stereocenters. The number of methoxy groups -OCH3 is 2. The molecular weight excluding hydrogens is 1250 g/mol. The second kappa shape index (κ2) is 31.0. The number of rotatable bonds is 23. The number of hydrogen-bond donors (Lipinski definition) is 7. The maximum absolute atomic E-state index is 14.6. The van der Waals surface area contributed by atoms with Crippen LogP contribution in [-0.2, 0) is 78.4 Å². The highest BCUT2D eigenvalue weighted by atomic mass is 35.5. The zero-order valence-electron chi connectivity index (χ0n) is 53.2. The van der Waals surface area contributed by atoms with Crippen LogP contribution in [0.1, 0.15) is 122 Å². The Balaban J connectivity index is 1.20. The molecule has 92 heavy (non-hydrogen) atoms. The first kappa shape index (κ1) is 72.9. The number of alkyl carbamates (subject to hydrolysis) is 1. The van der Waals surface area contributed by atoms with Gasteiger partial charge < -0.3 is 70.4 Å². The number of carbonyl (C=O) groups is 11. The van der Waals surface area contributed by atoms with Gasteiger partial charge in [-0.15, -0.1) is 5.06 Å². The van der Waals surface area contributed by atoms with Crippen LogP contribution in [0.5, 0.6) is 5.75 Å². The van der Waals surface area contributed by atoms with Crippen molar-refractivity contribution in [3.05, 3.63) is 70.3 Å². The van der Waals surface area contributed by atoms with Crippen molar-refractivity contribution in [2.45, 2.75) is 171 Å². The average molecular weight is 1330 g/mol. The molecule has 4 aliphatic heterocycles. The monoisotopic (exact) mass is 1330 g/mol. The number of carbonyl (C=O) groups excluding carboxylic acids is 11. The van der Waals surface area contributed by atoms with Gasteiger partial charge in [-0.05, 0) is 94.7 Å². The molecule has 3 saturated heterocycles. The Morgan fingerprint density at radius 3 is 2.26 bits per heavy atom. The third kappa shape index (κ3) is 18.3. The summed E-state index contributed by atoms with van der Waals surface area (Å²) in [5, 5.41) is 25.1. The van der Waals surface area contributed by atoms with Crippen molar-refractivity contribution in [1.29, 1.82) is 0 Å². The number of nitrogens with one attached hydrogen (secondary N) is 5. The number of ether oxygens (including phenoxy) is 5. The van der Waals surface area contributed by atoms with Crippen LogP contribution in [0.25, 0.3) is 0 Å². The Labute approximate surface area is 537 Å². The van der Waals surface area contributed by atoms with E-state index in [0.717, 1.165) is 28.9 Å². The van der Waals surface area contributed by atoms with Gasteiger partial charge in [-0.3, -0.25) is 38.9 Å². The molecule has 4 aliphatic rings. The number of likely N-dealkylation sites (N-methyl/N-ethyl adjacent to an activating group) is 1. The molecule has 3 fully saturated rings. The van der Waals surface area contributed by atoms with Crippen molar-refractivity contribution in [2.24, 2.45) is 17.6 Å². The highest BCUT2D eigenvalue weighted by molar-refractivity contribution is 7.90. The first-order chi connectivity index (χ1) is 43.1. The van der Waals surface area contributed by atoms with Gasteiger partial charge in [0.2, 0.25) is 23.6 Å². The van der Waals surface area contributed by atoms with Crippen LogP contribution in [-0.4, -0.2) is 184 Å². The summed E-state index contributed by atoms with van der Waals surface area (Å²) >= 11 is 6.84. The number of nitrogens with two attached hydrogens (primary N) is 1. The minimum absolute atomic E-state index is 0.0406. The quantitative estimate of drug-likeness (QED) is 0.0363. The van der Waals surface area contributed by atoms with E-state index in [1.54, 1.807) is 58.1 Å². The number of unbranched alkanes of at least 4 members (excludes halogenated alkanes) is 1. The first-order valence-electron chi connectivity index (χ1n) is 29.8. The van der Waals surface area contributed by atoms with Crippen LogP contribution in [0, 0.1) is 11.8 Å². The molecule has 2 aromatic carbocycles. The van der Waals surface area contributed by atoms with Crippen LogP contribution >= 0.6 is 11.6 Å². The molecule has 504 valence electrons. The fourth-order valence-electron chi connectivity index (χ4n) is 10.9. The number of nitrogens with zero attached hydrogens (tertiary/aromatic N) is 3. The number of fused-ring (bicyclic) bond motifs is 5. The van der Waals surface area contributed by atoms with Crippen LogP contribution in [0.3, 0.4) is 0 Å². The van der Waals surface area contributed by atoms with Gasteiger partial charge >= 0.3 is 24.1 Å². The number of sulfone groups is 1. The molecule has 0 aliphatic carbocycles. The molecule has 4 heterocycles. The van der Waals surface area contributed by atoms with E-state index in [9.17, 15) is 66.3 Å². The molecular formula is C61H82ClN9O20S. The normalized spacial score (nSPS) is 24.5. The Kier molecular flexibility index (Phi) is 24.5. The molecule has 29 nitrogen and oxygen atoms in total. The fourth-order valence-corrected chi connectivity index (χ4v) is 12.0. The van der Waals surface area contributed by atoms with E-state index in [1.165, 1.54) is 46.2 Å². The van der Waals surface area contributed by atoms with Crippen molar-refractivity contribution < 1.29 is 94.8 Å². The van der Waals surface area contributed by atoms with Crippen molar-refractivity contribution in [3.8, 4) is 5.75 Å². The van der Waals surface area contributed by atoms with E-state index in [1.807, 2.05) is 6.92 Å². The zero-order chi connectivity index (χ0) is 68.3. The number of primary amides is 1. The largest absolute Gasteiger partial charge is 0.495 e. The Morgan fingerprint density at radius 2 is 1.63 bits per heavy atom. The summed E-state index contributed by atoms with van der Waals surface area (Å²) in [5.41, 5.74) is 3.04. The molecule has 0 spiro atoms. The van der Waals surface area contributed by atoms with Gasteiger partial charge in [0, 0.05) is 77.6 Å². The van der Waals surface area contributed by atoms with Gasteiger partial charge in [-0.25, -0.2) is 27.6 Å². The SMILES string of the molecule is COc1cc2cc(c1Cl)N(C)C(=O)C[C@H](OC(=O)[C@H](C)N(C)C(=O)c1ccc(NC(=O)[C@H](CCCNC(N)=O)NC(=O)[C@@H](NC(=O)CCCCC(=O)ON3C(=O)CCC3=O)C(C)C)c(S(C)(=O)=O)c1)[C@]1(C)O[C@H]1[C@H](C)[C@@H]1C[C@@](O)(NC(=O)O1)[C@H](OC)/C=C/C=C(\C)C2. The highest BCUT2D eigenvalue weighted by Gasteiger charge is 2.64. The molecule has 8 N–H and O–H groups in total. The third-order valence-electron chi connectivity index (χ3n) is 16.4. The molecule has 10 atom stereocenters. The number of epoxide rings is 1. The molecule has 2 aromatic rings. The van der Waals surface area contributed by atoms with Crippen molar-refractivity contribution >= 4 is 98.2 Å². The predicted molar refractivity (Wildman–Crippen MR) is 330 cm³/mol. The average Bonchev–Trinajstić information content (AvgIpc) is 1.56. The fraction of sp³-hybridized carbons (Fsp3) is 0.557. The maximum Gasteiger partial charge on any atom is 0.409 e. The Bertz CT molecular complexity index is 3370. The van der Waals surface area contributed by atoms with E-state index in [0.29, 0.717) is 17.0 Å². The van der Waals surface area contributed by atoms with Crippen LogP contribution in [0.15, 0.2) is 59.0 Å².